The highest BCUT2D eigenvalue weighted by Gasteiger charge is 2.22. The van der Waals surface area contributed by atoms with Gasteiger partial charge >= 0.3 is 0 Å². The summed E-state index contributed by atoms with van der Waals surface area (Å²) in [6.07, 6.45) is 3.90. The van der Waals surface area contributed by atoms with E-state index in [0.29, 0.717) is 19.0 Å². The molecule has 1 fully saturated rings. The molecule has 2 unspecified atom stereocenters. The van der Waals surface area contributed by atoms with Gasteiger partial charge in [-0.3, -0.25) is 4.79 Å². The van der Waals surface area contributed by atoms with Crippen LogP contribution in [0, 0.1) is 5.92 Å². The summed E-state index contributed by atoms with van der Waals surface area (Å²) in [4.78, 5) is 12.0. The predicted octanol–water partition coefficient (Wildman–Crippen LogP) is 1.99. The molecule has 1 aliphatic rings. The predicted molar refractivity (Wildman–Crippen MR) is 73.0 cm³/mol. The molecule has 0 heterocycles. The van der Waals surface area contributed by atoms with E-state index >= 15 is 0 Å². The van der Waals surface area contributed by atoms with Crippen molar-refractivity contribution in [2.45, 2.75) is 45.2 Å². The molecule has 2 atom stereocenters. The monoisotopic (exact) mass is 246 g/mol. The Morgan fingerprint density at radius 1 is 1.33 bits per heavy atom. The third-order valence-electron chi connectivity index (χ3n) is 3.75. The fourth-order valence-electron chi connectivity index (χ4n) is 2.72. The molecule has 1 amide bonds. The molecule has 0 spiro atoms. The van der Waals surface area contributed by atoms with Gasteiger partial charge in [0.05, 0.1) is 6.42 Å². The van der Waals surface area contributed by atoms with Crippen molar-refractivity contribution >= 4 is 5.91 Å². The smallest absolute Gasteiger partial charge is 0.224 e. The lowest BCUT2D eigenvalue weighted by Crippen LogP contribution is -2.34. The van der Waals surface area contributed by atoms with Crippen LogP contribution in [0.4, 0.5) is 0 Å². The standard InChI is InChI=1S/C15H22N2O/c1-11-6-7-14(8-11)17-15(18)9-12-4-2-3-5-13(12)10-16/h2-5,11,14H,6-10,16H2,1H3,(H,17,18). The number of nitrogens with one attached hydrogen (secondary N) is 1. The third kappa shape index (κ3) is 3.33. The maximum Gasteiger partial charge on any atom is 0.224 e. The number of rotatable bonds is 4. The Hall–Kier alpha value is -1.35. The zero-order chi connectivity index (χ0) is 13.0. The van der Waals surface area contributed by atoms with E-state index in [1.807, 2.05) is 24.3 Å². The lowest BCUT2D eigenvalue weighted by molar-refractivity contribution is -0.121. The van der Waals surface area contributed by atoms with Crippen LogP contribution < -0.4 is 11.1 Å². The molecule has 1 aliphatic carbocycles. The molecule has 1 aromatic carbocycles. The second-order valence-electron chi connectivity index (χ2n) is 5.33. The molecule has 3 nitrogen and oxygen atoms in total. The first kappa shape index (κ1) is 13.1. The van der Waals surface area contributed by atoms with Gasteiger partial charge in [-0.05, 0) is 36.3 Å². The van der Waals surface area contributed by atoms with Crippen LogP contribution in [0.15, 0.2) is 24.3 Å². The fraction of sp³-hybridized carbons (Fsp3) is 0.533. The molecular formula is C15H22N2O. The second kappa shape index (κ2) is 6.01. The average Bonchev–Trinajstić information content (AvgIpc) is 2.75. The van der Waals surface area contributed by atoms with Crippen molar-refractivity contribution in [3.8, 4) is 0 Å². The number of benzene rings is 1. The molecule has 0 bridgehead atoms. The quantitative estimate of drug-likeness (QED) is 0.853. The van der Waals surface area contributed by atoms with Gasteiger partial charge in [-0.2, -0.15) is 0 Å². The highest BCUT2D eigenvalue weighted by Crippen LogP contribution is 2.24. The molecule has 3 heteroatoms. The first-order valence-corrected chi connectivity index (χ1v) is 6.75. The van der Waals surface area contributed by atoms with Crippen LogP contribution in [0.25, 0.3) is 0 Å². The Morgan fingerprint density at radius 3 is 2.67 bits per heavy atom. The SMILES string of the molecule is CC1CCC(NC(=O)Cc2ccccc2CN)C1. The van der Waals surface area contributed by atoms with Crippen LogP contribution in [0.1, 0.15) is 37.3 Å². The van der Waals surface area contributed by atoms with Crippen molar-refractivity contribution in [1.82, 2.24) is 5.32 Å². The van der Waals surface area contributed by atoms with Crippen LogP contribution in [-0.2, 0) is 17.8 Å². The van der Waals surface area contributed by atoms with Gasteiger partial charge in [0.1, 0.15) is 0 Å². The molecule has 0 aromatic heterocycles. The molecule has 98 valence electrons. The Labute approximate surface area is 109 Å². The molecule has 3 N–H and O–H groups in total. The summed E-state index contributed by atoms with van der Waals surface area (Å²) in [7, 11) is 0. The Kier molecular flexibility index (Phi) is 4.37. The summed E-state index contributed by atoms with van der Waals surface area (Å²) in [5.74, 6) is 0.863. The Morgan fingerprint density at radius 2 is 2.06 bits per heavy atom. The van der Waals surface area contributed by atoms with Crippen LogP contribution in [0.2, 0.25) is 0 Å². The molecule has 0 saturated heterocycles. The largest absolute Gasteiger partial charge is 0.353 e. The third-order valence-corrected chi connectivity index (χ3v) is 3.75. The van der Waals surface area contributed by atoms with Crippen molar-refractivity contribution in [1.29, 1.82) is 0 Å². The maximum atomic E-state index is 12.0. The lowest BCUT2D eigenvalue weighted by Gasteiger charge is -2.13. The first-order chi connectivity index (χ1) is 8.69. The minimum atomic E-state index is 0.120. The highest BCUT2D eigenvalue weighted by molar-refractivity contribution is 5.79. The van der Waals surface area contributed by atoms with Crippen LogP contribution >= 0.6 is 0 Å². The van der Waals surface area contributed by atoms with Crippen molar-refractivity contribution in [2.75, 3.05) is 0 Å². The summed E-state index contributed by atoms with van der Waals surface area (Å²) in [6.45, 7) is 2.74. The summed E-state index contributed by atoms with van der Waals surface area (Å²) in [5.41, 5.74) is 7.78. The lowest BCUT2D eigenvalue weighted by atomic mass is 10.0. The minimum absolute atomic E-state index is 0.120. The second-order valence-corrected chi connectivity index (χ2v) is 5.33. The van der Waals surface area contributed by atoms with Gasteiger partial charge in [-0.1, -0.05) is 31.2 Å². The average molecular weight is 246 g/mol. The minimum Gasteiger partial charge on any atom is -0.353 e. The zero-order valence-corrected chi connectivity index (χ0v) is 11.0. The van der Waals surface area contributed by atoms with Crippen LogP contribution in [-0.4, -0.2) is 11.9 Å². The van der Waals surface area contributed by atoms with E-state index in [9.17, 15) is 4.79 Å². The van der Waals surface area contributed by atoms with E-state index in [1.165, 1.54) is 6.42 Å². The first-order valence-electron chi connectivity index (χ1n) is 6.75. The molecule has 18 heavy (non-hydrogen) atoms. The van der Waals surface area contributed by atoms with Crippen molar-refractivity contribution in [3.05, 3.63) is 35.4 Å². The van der Waals surface area contributed by atoms with Gasteiger partial charge in [0, 0.05) is 12.6 Å². The molecule has 2 rings (SSSR count). The molecule has 1 aromatic rings. The number of carbonyl (C=O) groups is 1. The summed E-state index contributed by atoms with van der Waals surface area (Å²) < 4.78 is 0. The van der Waals surface area contributed by atoms with Crippen molar-refractivity contribution < 1.29 is 4.79 Å². The van der Waals surface area contributed by atoms with E-state index in [-0.39, 0.29) is 5.91 Å². The van der Waals surface area contributed by atoms with Gasteiger partial charge in [-0.15, -0.1) is 0 Å². The molecular weight excluding hydrogens is 224 g/mol. The summed E-state index contributed by atoms with van der Waals surface area (Å²) in [5, 5.41) is 3.13. The topological polar surface area (TPSA) is 55.1 Å². The molecule has 1 saturated carbocycles. The zero-order valence-electron chi connectivity index (χ0n) is 11.0. The number of nitrogens with two attached hydrogens (primary N) is 1. The van der Waals surface area contributed by atoms with Gasteiger partial charge in [-0.25, -0.2) is 0 Å². The molecule has 0 aliphatic heterocycles. The van der Waals surface area contributed by atoms with Crippen LogP contribution in [0.3, 0.4) is 0 Å². The number of amides is 1. The maximum absolute atomic E-state index is 12.0. The van der Waals surface area contributed by atoms with Gasteiger partial charge in [0.2, 0.25) is 5.91 Å². The van der Waals surface area contributed by atoms with Crippen molar-refractivity contribution in [2.24, 2.45) is 11.7 Å². The Bertz CT molecular complexity index is 417. The fourth-order valence-corrected chi connectivity index (χ4v) is 2.72. The number of carbonyl (C=O) groups excluding carboxylic acids is 1. The highest BCUT2D eigenvalue weighted by atomic mass is 16.1. The van der Waals surface area contributed by atoms with E-state index in [4.69, 9.17) is 5.73 Å². The van der Waals surface area contributed by atoms with Crippen molar-refractivity contribution in [3.63, 3.8) is 0 Å². The van der Waals surface area contributed by atoms with Gasteiger partial charge < -0.3 is 11.1 Å². The van der Waals surface area contributed by atoms with E-state index in [0.717, 1.165) is 29.9 Å². The van der Waals surface area contributed by atoms with E-state index < -0.39 is 0 Å². The van der Waals surface area contributed by atoms with E-state index in [2.05, 4.69) is 12.2 Å². The summed E-state index contributed by atoms with van der Waals surface area (Å²) >= 11 is 0. The Balaban J connectivity index is 1.91. The number of hydrogen-bond donors (Lipinski definition) is 2. The summed E-state index contributed by atoms with van der Waals surface area (Å²) in [6, 6.07) is 8.26. The van der Waals surface area contributed by atoms with Crippen LogP contribution in [0.5, 0.6) is 0 Å². The van der Waals surface area contributed by atoms with Gasteiger partial charge in [0.25, 0.3) is 0 Å². The van der Waals surface area contributed by atoms with Gasteiger partial charge in [0.15, 0.2) is 0 Å². The normalized spacial score (nSPS) is 23.0. The number of hydrogen-bond acceptors (Lipinski definition) is 2. The van der Waals surface area contributed by atoms with E-state index in [1.54, 1.807) is 0 Å². The molecule has 0 radical (unpaired) electrons.